The van der Waals surface area contributed by atoms with Gasteiger partial charge in [-0.1, -0.05) is 19.9 Å². The number of ether oxygens (including phenoxy) is 1. The molecule has 21 heavy (non-hydrogen) atoms. The van der Waals surface area contributed by atoms with Gasteiger partial charge in [-0.15, -0.1) is 0 Å². The van der Waals surface area contributed by atoms with Crippen LogP contribution in [0.2, 0.25) is 0 Å². The Morgan fingerprint density at radius 2 is 1.76 bits per heavy atom. The van der Waals surface area contributed by atoms with Crippen molar-refractivity contribution in [1.82, 2.24) is 4.90 Å². The number of likely N-dealkylation sites (tertiary alicyclic amines) is 1. The summed E-state index contributed by atoms with van der Waals surface area (Å²) in [6, 6.07) is 0. The molecule has 4 heteroatoms. The highest BCUT2D eigenvalue weighted by Crippen LogP contribution is 2.39. The number of piperidine rings is 1. The van der Waals surface area contributed by atoms with Gasteiger partial charge in [-0.25, -0.2) is 0 Å². The topological polar surface area (TPSA) is 46.6 Å². The Morgan fingerprint density at radius 1 is 1.24 bits per heavy atom. The smallest absolute Gasteiger partial charge is 0.306 e. The summed E-state index contributed by atoms with van der Waals surface area (Å²) in [5.74, 6) is -0.197. The van der Waals surface area contributed by atoms with Crippen LogP contribution in [0.1, 0.15) is 66.7 Å². The van der Waals surface area contributed by atoms with Gasteiger partial charge in [0, 0.05) is 30.3 Å². The van der Waals surface area contributed by atoms with Crippen LogP contribution in [0, 0.1) is 0 Å². The minimum Gasteiger partial charge on any atom is -0.462 e. The molecule has 0 bridgehead atoms. The molecule has 120 valence electrons. The summed E-state index contributed by atoms with van der Waals surface area (Å²) in [6.45, 7) is 13.7. The van der Waals surface area contributed by atoms with Gasteiger partial charge < -0.3 is 9.64 Å². The lowest BCUT2D eigenvalue weighted by Gasteiger charge is -2.54. The van der Waals surface area contributed by atoms with Gasteiger partial charge in [0.05, 0.1) is 0 Å². The van der Waals surface area contributed by atoms with Crippen molar-refractivity contribution in [3.63, 3.8) is 0 Å². The number of amides is 1. The molecule has 0 unspecified atom stereocenters. The molecule has 1 fully saturated rings. The quantitative estimate of drug-likeness (QED) is 0.576. The average molecular weight is 295 g/mol. The summed E-state index contributed by atoms with van der Waals surface area (Å²) in [5, 5.41) is 0. The first-order chi connectivity index (χ1) is 9.64. The van der Waals surface area contributed by atoms with E-state index in [4.69, 9.17) is 4.74 Å². The highest BCUT2D eigenvalue weighted by Gasteiger charge is 2.48. The second kappa shape index (κ2) is 6.63. The van der Waals surface area contributed by atoms with E-state index in [1.54, 1.807) is 0 Å². The minimum atomic E-state index is -0.358. The number of unbranched alkanes of at least 4 members (excludes halogenated alkanes) is 1. The normalized spacial score (nSPS) is 20.9. The van der Waals surface area contributed by atoms with Crippen molar-refractivity contribution in [2.24, 2.45) is 0 Å². The number of hydrogen-bond acceptors (Lipinski definition) is 3. The maximum absolute atomic E-state index is 12.2. The predicted octanol–water partition coefficient (Wildman–Crippen LogP) is 3.45. The molecule has 0 aliphatic carbocycles. The van der Waals surface area contributed by atoms with Gasteiger partial charge in [-0.2, -0.15) is 0 Å². The Kier molecular flexibility index (Phi) is 5.60. The first-order valence-electron chi connectivity index (χ1n) is 7.80. The minimum absolute atomic E-state index is 0.0687. The summed E-state index contributed by atoms with van der Waals surface area (Å²) in [7, 11) is 0. The molecule has 0 aromatic heterocycles. The Bertz CT molecular complexity index is 394. The summed E-state index contributed by atoms with van der Waals surface area (Å²) >= 11 is 0. The number of esters is 1. The highest BCUT2D eigenvalue weighted by molar-refractivity contribution is 5.88. The molecule has 1 rings (SSSR count). The van der Waals surface area contributed by atoms with Gasteiger partial charge >= 0.3 is 5.97 Å². The number of hydrogen-bond donors (Lipinski definition) is 0. The van der Waals surface area contributed by atoms with E-state index in [0.29, 0.717) is 19.3 Å². The molecule has 0 saturated carbocycles. The van der Waals surface area contributed by atoms with Crippen LogP contribution in [0.4, 0.5) is 0 Å². The molecule has 1 amide bonds. The third-order valence-electron chi connectivity index (χ3n) is 4.09. The average Bonchev–Trinajstić information content (AvgIpc) is 2.32. The van der Waals surface area contributed by atoms with E-state index < -0.39 is 0 Å². The molecular weight excluding hydrogens is 266 g/mol. The molecule has 1 saturated heterocycles. The third-order valence-corrected chi connectivity index (χ3v) is 4.09. The van der Waals surface area contributed by atoms with Crippen molar-refractivity contribution in [3.8, 4) is 0 Å². The van der Waals surface area contributed by atoms with Gasteiger partial charge in [0.2, 0.25) is 5.91 Å². The van der Waals surface area contributed by atoms with E-state index in [0.717, 1.165) is 12.8 Å². The van der Waals surface area contributed by atoms with Crippen molar-refractivity contribution in [3.05, 3.63) is 12.7 Å². The maximum Gasteiger partial charge on any atom is 0.306 e. The number of rotatable bonds is 5. The van der Waals surface area contributed by atoms with E-state index in [1.807, 2.05) is 32.6 Å². The summed E-state index contributed by atoms with van der Waals surface area (Å²) in [5.41, 5.74) is -0.717. The zero-order valence-electron chi connectivity index (χ0n) is 14.1. The first kappa shape index (κ1) is 17.7. The molecule has 0 aromatic rings. The Labute approximate surface area is 128 Å². The van der Waals surface area contributed by atoms with Gasteiger partial charge in [-0.3, -0.25) is 9.59 Å². The summed E-state index contributed by atoms with van der Waals surface area (Å²) in [4.78, 5) is 25.9. The fraction of sp³-hybridized carbons (Fsp3) is 0.765. The van der Waals surface area contributed by atoms with Crippen molar-refractivity contribution in [1.29, 1.82) is 0 Å². The van der Waals surface area contributed by atoms with Crippen LogP contribution in [-0.2, 0) is 14.3 Å². The number of carbonyl (C=O) groups is 2. The van der Waals surface area contributed by atoms with Crippen LogP contribution in [-0.4, -0.2) is 34.0 Å². The van der Waals surface area contributed by atoms with E-state index in [-0.39, 0.29) is 29.1 Å². The van der Waals surface area contributed by atoms with Crippen LogP contribution in [0.5, 0.6) is 0 Å². The van der Waals surface area contributed by atoms with Gasteiger partial charge in [0.25, 0.3) is 0 Å². The lowest BCUT2D eigenvalue weighted by molar-refractivity contribution is -0.165. The fourth-order valence-electron chi connectivity index (χ4n) is 3.53. The van der Waals surface area contributed by atoms with Crippen LogP contribution in [0.25, 0.3) is 0 Å². The molecule has 0 radical (unpaired) electrons. The largest absolute Gasteiger partial charge is 0.462 e. The number of nitrogens with zero attached hydrogens (tertiary/aromatic N) is 1. The molecule has 4 nitrogen and oxygen atoms in total. The van der Waals surface area contributed by atoms with Crippen molar-refractivity contribution in [2.45, 2.75) is 83.9 Å². The Hall–Kier alpha value is -1.32. The molecule has 0 aromatic carbocycles. The van der Waals surface area contributed by atoms with Gasteiger partial charge in [0.1, 0.15) is 6.10 Å². The molecule has 0 atom stereocenters. The van der Waals surface area contributed by atoms with Crippen LogP contribution in [0.15, 0.2) is 12.7 Å². The van der Waals surface area contributed by atoms with Gasteiger partial charge in [-0.05, 0) is 40.2 Å². The maximum atomic E-state index is 12.2. The van der Waals surface area contributed by atoms with E-state index in [9.17, 15) is 9.59 Å². The van der Waals surface area contributed by atoms with Crippen molar-refractivity contribution in [2.75, 3.05) is 0 Å². The molecule has 1 aliphatic rings. The lowest BCUT2D eigenvalue weighted by atomic mass is 9.78. The SMILES string of the molecule is C=CC(=O)N1C(C)(C)CC(OC(=O)CCCC)CC1(C)C. The second-order valence-electron chi connectivity index (χ2n) is 7.13. The van der Waals surface area contributed by atoms with Crippen LogP contribution in [0.3, 0.4) is 0 Å². The molecule has 0 N–H and O–H groups in total. The third kappa shape index (κ3) is 4.32. The monoisotopic (exact) mass is 295 g/mol. The summed E-state index contributed by atoms with van der Waals surface area (Å²) < 4.78 is 5.62. The first-order valence-corrected chi connectivity index (χ1v) is 7.80. The zero-order chi connectivity index (χ0) is 16.3. The second-order valence-corrected chi connectivity index (χ2v) is 7.13. The summed E-state index contributed by atoms with van der Waals surface area (Å²) in [6.07, 6.45) is 4.87. The zero-order valence-corrected chi connectivity index (χ0v) is 14.1. The van der Waals surface area contributed by atoms with Crippen molar-refractivity contribution < 1.29 is 14.3 Å². The molecule has 1 aliphatic heterocycles. The molecular formula is C17H29NO3. The van der Waals surface area contributed by atoms with Crippen LogP contribution >= 0.6 is 0 Å². The number of carbonyl (C=O) groups excluding carboxylic acids is 2. The standard InChI is InChI=1S/C17H29NO3/c1-7-9-10-15(20)21-13-11-16(3,4)18(14(19)8-2)17(5,6)12-13/h8,13H,2,7,9-12H2,1,3-6H3. The van der Waals surface area contributed by atoms with E-state index >= 15 is 0 Å². The highest BCUT2D eigenvalue weighted by atomic mass is 16.5. The molecule has 1 heterocycles. The van der Waals surface area contributed by atoms with E-state index in [1.165, 1.54) is 6.08 Å². The Balaban J connectivity index is 2.82. The predicted molar refractivity (Wildman–Crippen MR) is 83.8 cm³/mol. The van der Waals surface area contributed by atoms with E-state index in [2.05, 4.69) is 13.5 Å². The molecule has 0 spiro atoms. The van der Waals surface area contributed by atoms with Crippen molar-refractivity contribution >= 4 is 11.9 Å². The lowest BCUT2D eigenvalue weighted by Crippen LogP contribution is -2.64. The van der Waals surface area contributed by atoms with Crippen LogP contribution < -0.4 is 0 Å². The Morgan fingerprint density at radius 3 is 2.19 bits per heavy atom. The van der Waals surface area contributed by atoms with Gasteiger partial charge in [0.15, 0.2) is 0 Å². The fourth-order valence-corrected chi connectivity index (χ4v) is 3.53.